The molecule has 3 N–H and O–H groups in total. The Balaban J connectivity index is 1.75. The van der Waals surface area contributed by atoms with Crippen LogP contribution in [0, 0.1) is 25.2 Å². The molecule has 30 heavy (non-hydrogen) atoms. The Morgan fingerprint density at radius 1 is 1.23 bits per heavy atom. The number of anilines is 1. The summed E-state index contributed by atoms with van der Waals surface area (Å²) in [5, 5.41) is 6.90. The first-order valence-electron chi connectivity index (χ1n) is 10.5. The Kier molecular flexibility index (Phi) is 6.61. The van der Waals surface area contributed by atoms with E-state index in [1.807, 2.05) is 38.1 Å². The maximum atomic E-state index is 13.3. The van der Waals surface area contributed by atoms with Gasteiger partial charge >= 0.3 is 0 Å². The van der Waals surface area contributed by atoms with E-state index in [9.17, 15) is 9.59 Å². The SMILES string of the molecule is Cc1noc(C)c1C(=O)N(Cc1ccc(NC(=O)C2CCC2)cc1)CC(C)(C)CN. The first-order chi connectivity index (χ1) is 14.2. The molecule has 0 atom stereocenters. The zero-order valence-corrected chi connectivity index (χ0v) is 18.3. The van der Waals surface area contributed by atoms with Crippen molar-refractivity contribution in [2.75, 3.05) is 18.4 Å². The third kappa shape index (κ3) is 5.08. The van der Waals surface area contributed by atoms with Gasteiger partial charge in [0.2, 0.25) is 5.91 Å². The van der Waals surface area contributed by atoms with E-state index in [2.05, 4.69) is 10.5 Å². The van der Waals surface area contributed by atoms with Crippen molar-refractivity contribution < 1.29 is 14.1 Å². The second kappa shape index (κ2) is 9.00. The average Bonchev–Trinajstić information content (AvgIpc) is 2.99. The Hall–Kier alpha value is -2.67. The summed E-state index contributed by atoms with van der Waals surface area (Å²) < 4.78 is 5.20. The highest BCUT2D eigenvalue weighted by Crippen LogP contribution is 2.28. The predicted molar refractivity (Wildman–Crippen MR) is 116 cm³/mol. The number of aryl methyl sites for hydroxylation is 2. The van der Waals surface area contributed by atoms with Gasteiger partial charge in [0.15, 0.2) is 0 Å². The summed E-state index contributed by atoms with van der Waals surface area (Å²) >= 11 is 0. The summed E-state index contributed by atoms with van der Waals surface area (Å²) in [5.74, 6) is 0.637. The molecule has 1 heterocycles. The number of carbonyl (C=O) groups excluding carboxylic acids is 2. The molecule has 3 rings (SSSR count). The van der Waals surface area contributed by atoms with Crippen molar-refractivity contribution in [1.29, 1.82) is 0 Å². The van der Waals surface area contributed by atoms with Crippen LogP contribution >= 0.6 is 0 Å². The van der Waals surface area contributed by atoms with Crippen LogP contribution in [0.15, 0.2) is 28.8 Å². The molecule has 1 fully saturated rings. The Bertz CT molecular complexity index is 878. The molecule has 1 aliphatic carbocycles. The number of amides is 2. The number of nitrogens with zero attached hydrogens (tertiary/aromatic N) is 2. The van der Waals surface area contributed by atoms with E-state index < -0.39 is 0 Å². The monoisotopic (exact) mass is 412 g/mol. The maximum absolute atomic E-state index is 13.3. The molecule has 1 aromatic heterocycles. The molecule has 2 aromatic rings. The molecule has 2 amide bonds. The normalized spacial score (nSPS) is 14.3. The van der Waals surface area contributed by atoms with Crippen molar-refractivity contribution in [2.24, 2.45) is 17.1 Å². The van der Waals surface area contributed by atoms with E-state index in [0.717, 1.165) is 30.5 Å². The van der Waals surface area contributed by atoms with Gasteiger partial charge in [-0.25, -0.2) is 0 Å². The van der Waals surface area contributed by atoms with Gasteiger partial charge in [0.05, 0.1) is 5.69 Å². The van der Waals surface area contributed by atoms with Crippen molar-refractivity contribution in [3.8, 4) is 0 Å². The fourth-order valence-corrected chi connectivity index (χ4v) is 3.56. The van der Waals surface area contributed by atoms with E-state index in [1.165, 1.54) is 0 Å². The summed E-state index contributed by atoms with van der Waals surface area (Å²) in [6.45, 7) is 9.01. The van der Waals surface area contributed by atoms with Gasteiger partial charge in [-0.2, -0.15) is 0 Å². The molecule has 7 nitrogen and oxygen atoms in total. The molecule has 0 radical (unpaired) electrons. The lowest BCUT2D eigenvalue weighted by molar-refractivity contribution is -0.122. The number of hydrogen-bond acceptors (Lipinski definition) is 5. The van der Waals surface area contributed by atoms with Crippen LogP contribution in [0.1, 0.15) is 60.5 Å². The Morgan fingerprint density at radius 2 is 1.90 bits per heavy atom. The first-order valence-corrected chi connectivity index (χ1v) is 10.5. The number of rotatable bonds is 8. The molecule has 0 saturated heterocycles. The fraction of sp³-hybridized carbons (Fsp3) is 0.522. The number of nitrogens with one attached hydrogen (secondary N) is 1. The average molecular weight is 413 g/mol. The van der Waals surface area contributed by atoms with Gasteiger partial charge in [-0.05, 0) is 56.3 Å². The summed E-state index contributed by atoms with van der Waals surface area (Å²) in [7, 11) is 0. The topological polar surface area (TPSA) is 101 Å². The Morgan fingerprint density at radius 3 is 2.40 bits per heavy atom. The van der Waals surface area contributed by atoms with Crippen molar-refractivity contribution in [3.63, 3.8) is 0 Å². The van der Waals surface area contributed by atoms with Crippen LogP contribution in [0.4, 0.5) is 5.69 Å². The van der Waals surface area contributed by atoms with Crippen LogP contribution < -0.4 is 11.1 Å². The molecule has 0 aliphatic heterocycles. The van der Waals surface area contributed by atoms with E-state index in [-0.39, 0.29) is 23.1 Å². The highest BCUT2D eigenvalue weighted by atomic mass is 16.5. The largest absolute Gasteiger partial charge is 0.361 e. The molecular formula is C23H32N4O3. The summed E-state index contributed by atoms with van der Waals surface area (Å²) in [6.07, 6.45) is 3.07. The zero-order chi connectivity index (χ0) is 21.9. The Labute approximate surface area is 178 Å². The highest BCUT2D eigenvalue weighted by molar-refractivity contribution is 5.96. The number of nitrogens with two attached hydrogens (primary N) is 1. The quantitative estimate of drug-likeness (QED) is 0.689. The highest BCUT2D eigenvalue weighted by Gasteiger charge is 2.29. The number of carbonyl (C=O) groups is 2. The van der Waals surface area contributed by atoms with Crippen LogP contribution in [-0.4, -0.2) is 35.0 Å². The lowest BCUT2D eigenvalue weighted by atomic mass is 9.85. The van der Waals surface area contributed by atoms with E-state index in [0.29, 0.717) is 36.7 Å². The van der Waals surface area contributed by atoms with Gasteiger partial charge in [-0.3, -0.25) is 9.59 Å². The van der Waals surface area contributed by atoms with Gasteiger partial charge < -0.3 is 20.5 Å². The lowest BCUT2D eigenvalue weighted by Gasteiger charge is -2.32. The van der Waals surface area contributed by atoms with Gasteiger partial charge in [-0.1, -0.05) is 37.6 Å². The molecule has 0 spiro atoms. The molecule has 7 heteroatoms. The van der Waals surface area contributed by atoms with E-state index in [1.54, 1.807) is 18.7 Å². The van der Waals surface area contributed by atoms with Crippen LogP contribution in [0.3, 0.4) is 0 Å². The smallest absolute Gasteiger partial charge is 0.259 e. The minimum Gasteiger partial charge on any atom is -0.361 e. The van der Waals surface area contributed by atoms with Crippen LogP contribution in [0.25, 0.3) is 0 Å². The van der Waals surface area contributed by atoms with Crippen molar-refractivity contribution in [3.05, 3.63) is 46.8 Å². The van der Waals surface area contributed by atoms with Crippen LogP contribution in [0.2, 0.25) is 0 Å². The minimum atomic E-state index is -0.231. The van der Waals surface area contributed by atoms with Crippen molar-refractivity contribution in [1.82, 2.24) is 10.1 Å². The van der Waals surface area contributed by atoms with Gasteiger partial charge in [0.1, 0.15) is 11.3 Å². The summed E-state index contributed by atoms with van der Waals surface area (Å²) in [5.41, 5.74) is 8.54. The van der Waals surface area contributed by atoms with E-state index >= 15 is 0 Å². The second-order valence-electron chi connectivity index (χ2n) is 9.04. The zero-order valence-electron chi connectivity index (χ0n) is 18.3. The van der Waals surface area contributed by atoms with Crippen LogP contribution in [0.5, 0.6) is 0 Å². The number of aromatic nitrogens is 1. The molecule has 1 saturated carbocycles. The molecular weight excluding hydrogens is 380 g/mol. The van der Waals surface area contributed by atoms with Crippen molar-refractivity contribution in [2.45, 2.75) is 53.5 Å². The maximum Gasteiger partial charge on any atom is 0.259 e. The van der Waals surface area contributed by atoms with Crippen molar-refractivity contribution >= 4 is 17.5 Å². The molecule has 1 aromatic carbocycles. The predicted octanol–water partition coefficient (Wildman–Crippen LogP) is 3.66. The number of benzene rings is 1. The number of hydrogen-bond donors (Lipinski definition) is 2. The standard InChI is InChI=1S/C23H32N4O3/c1-15-20(16(2)30-26-15)22(29)27(14-23(3,4)13-24)12-17-8-10-19(11-9-17)25-21(28)18-6-5-7-18/h8-11,18H,5-7,12-14,24H2,1-4H3,(H,25,28). The molecule has 1 aliphatic rings. The lowest BCUT2D eigenvalue weighted by Crippen LogP contribution is -2.42. The third-order valence-electron chi connectivity index (χ3n) is 5.78. The van der Waals surface area contributed by atoms with Gasteiger partial charge in [0.25, 0.3) is 5.91 Å². The minimum absolute atomic E-state index is 0.0916. The van der Waals surface area contributed by atoms with Crippen LogP contribution in [-0.2, 0) is 11.3 Å². The molecule has 162 valence electrons. The first kappa shape index (κ1) is 22.0. The van der Waals surface area contributed by atoms with E-state index in [4.69, 9.17) is 10.3 Å². The van der Waals surface area contributed by atoms with Gasteiger partial charge in [0, 0.05) is 24.7 Å². The second-order valence-corrected chi connectivity index (χ2v) is 9.04. The fourth-order valence-electron chi connectivity index (χ4n) is 3.56. The molecule has 0 bridgehead atoms. The van der Waals surface area contributed by atoms with Gasteiger partial charge in [-0.15, -0.1) is 0 Å². The summed E-state index contributed by atoms with van der Waals surface area (Å²) in [4.78, 5) is 27.2. The third-order valence-corrected chi connectivity index (χ3v) is 5.78. The molecule has 0 unspecified atom stereocenters. The summed E-state index contributed by atoms with van der Waals surface area (Å²) in [6, 6.07) is 7.66.